The quantitative estimate of drug-likeness (QED) is 0.486. The van der Waals surface area contributed by atoms with E-state index in [0.717, 1.165) is 11.8 Å². The van der Waals surface area contributed by atoms with Crippen molar-refractivity contribution in [3.05, 3.63) is 47.3 Å². The number of allylic oxidation sites excluding steroid dienone is 1. The summed E-state index contributed by atoms with van der Waals surface area (Å²) in [6.45, 7) is 6.15. The molecule has 0 radical (unpaired) electrons. The van der Waals surface area contributed by atoms with Gasteiger partial charge in [-0.05, 0) is 19.1 Å². The number of carbonyl (C=O) groups is 2. The fourth-order valence-electron chi connectivity index (χ4n) is 2.62. The second-order valence-electron chi connectivity index (χ2n) is 5.54. The molecular formula is C17H18N6O3S. The highest BCUT2D eigenvalue weighted by molar-refractivity contribution is 7.99. The number of nitrogens with zero attached hydrogens (tertiary/aromatic N) is 4. The molecule has 3 aromatic rings. The average molecular weight is 386 g/mol. The van der Waals surface area contributed by atoms with Crippen LogP contribution in [-0.2, 0) is 11.3 Å². The Balaban J connectivity index is 1.98. The van der Waals surface area contributed by atoms with Crippen LogP contribution in [0.1, 0.15) is 6.92 Å². The molecule has 2 aromatic heterocycles. The lowest BCUT2D eigenvalue weighted by Gasteiger charge is -2.09. The SMILES string of the molecule is C=CCn1c(=O)c2ccccc2n2c(SCC(=O)NC(=O)NCC)nnc12. The number of fused-ring (bicyclic) bond motifs is 3. The lowest BCUT2D eigenvalue weighted by atomic mass is 10.2. The number of para-hydroxylation sites is 1. The Kier molecular flexibility index (Phi) is 5.55. The van der Waals surface area contributed by atoms with Gasteiger partial charge in [-0.25, -0.2) is 4.79 Å². The molecule has 0 atom stereocenters. The van der Waals surface area contributed by atoms with Gasteiger partial charge in [-0.1, -0.05) is 30.0 Å². The van der Waals surface area contributed by atoms with Gasteiger partial charge in [0.1, 0.15) is 0 Å². The zero-order valence-corrected chi connectivity index (χ0v) is 15.5. The Hall–Kier alpha value is -3.14. The van der Waals surface area contributed by atoms with E-state index in [0.29, 0.717) is 28.4 Å². The van der Waals surface area contributed by atoms with Crippen LogP contribution in [-0.4, -0.2) is 43.4 Å². The number of urea groups is 1. The fourth-order valence-corrected chi connectivity index (χ4v) is 3.36. The van der Waals surface area contributed by atoms with E-state index in [1.807, 2.05) is 6.07 Å². The van der Waals surface area contributed by atoms with Crippen molar-refractivity contribution < 1.29 is 9.59 Å². The van der Waals surface area contributed by atoms with Crippen LogP contribution in [0, 0.1) is 0 Å². The minimum absolute atomic E-state index is 0.0210. The number of hydrogen-bond acceptors (Lipinski definition) is 6. The molecule has 0 unspecified atom stereocenters. The van der Waals surface area contributed by atoms with Crippen LogP contribution < -0.4 is 16.2 Å². The third-order valence-electron chi connectivity index (χ3n) is 3.71. The van der Waals surface area contributed by atoms with Gasteiger partial charge in [0.25, 0.3) is 5.56 Å². The molecule has 27 heavy (non-hydrogen) atoms. The third kappa shape index (κ3) is 3.70. The highest BCUT2D eigenvalue weighted by Crippen LogP contribution is 2.21. The molecule has 1 aromatic carbocycles. The number of carbonyl (C=O) groups excluding carboxylic acids is 2. The van der Waals surface area contributed by atoms with Crippen LogP contribution in [0.25, 0.3) is 16.7 Å². The third-order valence-corrected chi connectivity index (χ3v) is 4.64. The topological polar surface area (TPSA) is 110 Å². The Labute approximate surface area is 158 Å². The standard InChI is InChI=1S/C17H18N6O3S/c1-3-9-22-14(25)11-7-5-6-8-12(11)23-16(22)20-21-17(23)27-10-13(24)19-15(26)18-4-2/h3,5-8H,1,4,9-10H2,2H3,(H2,18,19,24,26). The van der Waals surface area contributed by atoms with E-state index in [9.17, 15) is 14.4 Å². The maximum atomic E-state index is 12.7. The van der Waals surface area contributed by atoms with Crippen LogP contribution in [0.4, 0.5) is 4.79 Å². The highest BCUT2D eigenvalue weighted by Gasteiger charge is 2.17. The van der Waals surface area contributed by atoms with E-state index in [1.54, 1.807) is 35.6 Å². The monoisotopic (exact) mass is 386 g/mol. The fraction of sp³-hybridized carbons (Fsp3) is 0.235. The van der Waals surface area contributed by atoms with Crippen LogP contribution in [0.5, 0.6) is 0 Å². The van der Waals surface area contributed by atoms with Gasteiger partial charge in [0.15, 0.2) is 5.16 Å². The summed E-state index contributed by atoms with van der Waals surface area (Å²) >= 11 is 1.13. The van der Waals surface area contributed by atoms with E-state index in [2.05, 4.69) is 27.4 Å². The molecule has 0 spiro atoms. The number of amides is 3. The molecule has 0 aliphatic carbocycles. The van der Waals surface area contributed by atoms with Crippen LogP contribution in [0.15, 0.2) is 46.9 Å². The van der Waals surface area contributed by atoms with E-state index in [1.165, 1.54) is 4.57 Å². The Morgan fingerprint density at radius 1 is 1.30 bits per heavy atom. The zero-order valence-electron chi connectivity index (χ0n) is 14.6. The molecule has 0 fully saturated rings. The predicted octanol–water partition coefficient (Wildman–Crippen LogP) is 1.17. The first-order valence-corrected chi connectivity index (χ1v) is 9.23. The van der Waals surface area contributed by atoms with Crippen molar-refractivity contribution in [1.29, 1.82) is 0 Å². The van der Waals surface area contributed by atoms with Crippen LogP contribution in [0.2, 0.25) is 0 Å². The molecule has 3 rings (SSSR count). The molecule has 0 bridgehead atoms. The summed E-state index contributed by atoms with van der Waals surface area (Å²) in [6.07, 6.45) is 1.61. The first-order chi connectivity index (χ1) is 13.1. The van der Waals surface area contributed by atoms with Gasteiger partial charge in [-0.3, -0.25) is 23.9 Å². The van der Waals surface area contributed by atoms with E-state index < -0.39 is 11.9 Å². The number of rotatable bonds is 6. The van der Waals surface area contributed by atoms with Gasteiger partial charge in [-0.2, -0.15) is 0 Å². The Morgan fingerprint density at radius 3 is 2.81 bits per heavy atom. The first kappa shape index (κ1) is 18.6. The molecule has 0 saturated carbocycles. The molecule has 2 N–H and O–H groups in total. The minimum atomic E-state index is -0.542. The second kappa shape index (κ2) is 8.04. The molecule has 140 valence electrons. The lowest BCUT2D eigenvalue weighted by molar-refractivity contribution is -0.117. The number of hydrogen-bond donors (Lipinski definition) is 2. The van der Waals surface area contributed by atoms with Crippen molar-refractivity contribution in [2.75, 3.05) is 12.3 Å². The van der Waals surface area contributed by atoms with Crippen LogP contribution >= 0.6 is 11.8 Å². The smallest absolute Gasteiger partial charge is 0.321 e. The summed E-state index contributed by atoms with van der Waals surface area (Å²) in [6, 6.07) is 6.58. The maximum Gasteiger partial charge on any atom is 0.321 e. The summed E-state index contributed by atoms with van der Waals surface area (Å²) < 4.78 is 3.20. The van der Waals surface area contributed by atoms with Crippen LogP contribution in [0.3, 0.4) is 0 Å². The van der Waals surface area contributed by atoms with Gasteiger partial charge in [-0.15, -0.1) is 16.8 Å². The number of imide groups is 1. The Morgan fingerprint density at radius 2 is 2.07 bits per heavy atom. The molecule has 10 heteroatoms. The van der Waals surface area contributed by atoms with Crippen molar-refractivity contribution in [1.82, 2.24) is 29.8 Å². The van der Waals surface area contributed by atoms with E-state index in [4.69, 9.17) is 0 Å². The van der Waals surface area contributed by atoms with E-state index in [-0.39, 0.29) is 17.9 Å². The largest absolute Gasteiger partial charge is 0.338 e. The molecule has 2 heterocycles. The maximum absolute atomic E-state index is 12.7. The Bertz CT molecular complexity index is 1090. The average Bonchev–Trinajstić information content (AvgIpc) is 3.07. The van der Waals surface area contributed by atoms with Crippen molar-refractivity contribution >= 4 is 40.4 Å². The summed E-state index contributed by atoms with van der Waals surface area (Å²) in [5.41, 5.74) is 0.463. The minimum Gasteiger partial charge on any atom is -0.338 e. The van der Waals surface area contributed by atoms with Gasteiger partial charge in [0, 0.05) is 13.1 Å². The van der Waals surface area contributed by atoms with E-state index >= 15 is 0 Å². The van der Waals surface area contributed by atoms with Crippen molar-refractivity contribution in [2.24, 2.45) is 0 Å². The lowest BCUT2D eigenvalue weighted by Crippen LogP contribution is -2.40. The summed E-state index contributed by atoms with van der Waals surface area (Å²) in [5, 5.41) is 13.9. The summed E-state index contributed by atoms with van der Waals surface area (Å²) in [7, 11) is 0. The first-order valence-electron chi connectivity index (χ1n) is 8.24. The van der Waals surface area contributed by atoms with Crippen molar-refractivity contribution in [2.45, 2.75) is 18.6 Å². The molecule has 9 nitrogen and oxygen atoms in total. The normalized spacial score (nSPS) is 10.9. The zero-order chi connectivity index (χ0) is 19.4. The molecule has 0 saturated heterocycles. The van der Waals surface area contributed by atoms with Crippen molar-refractivity contribution in [3.8, 4) is 0 Å². The molecule has 0 aliphatic rings. The number of nitrogens with one attached hydrogen (secondary N) is 2. The molecule has 3 amide bonds. The van der Waals surface area contributed by atoms with Gasteiger partial charge in [0.05, 0.1) is 16.7 Å². The van der Waals surface area contributed by atoms with Gasteiger partial charge < -0.3 is 5.32 Å². The highest BCUT2D eigenvalue weighted by atomic mass is 32.2. The van der Waals surface area contributed by atoms with Gasteiger partial charge in [0.2, 0.25) is 11.7 Å². The van der Waals surface area contributed by atoms with Gasteiger partial charge >= 0.3 is 6.03 Å². The molecule has 0 aliphatic heterocycles. The van der Waals surface area contributed by atoms with Crippen molar-refractivity contribution in [3.63, 3.8) is 0 Å². The second-order valence-corrected chi connectivity index (χ2v) is 6.48. The summed E-state index contributed by atoms with van der Waals surface area (Å²) in [4.78, 5) is 36.1. The number of aromatic nitrogens is 4. The number of benzene rings is 1. The predicted molar refractivity (Wildman–Crippen MR) is 103 cm³/mol. The summed E-state index contributed by atoms with van der Waals surface area (Å²) in [5.74, 6) is -0.107. The number of thioether (sulfide) groups is 1. The molecular weight excluding hydrogens is 368 g/mol.